The van der Waals surface area contributed by atoms with Crippen molar-refractivity contribution in [3.05, 3.63) is 24.6 Å². The van der Waals surface area contributed by atoms with E-state index in [1.807, 2.05) is 6.92 Å². The molecular formula is C6H12B2. The van der Waals surface area contributed by atoms with Gasteiger partial charge in [0.15, 0.2) is 0 Å². The van der Waals surface area contributed by atoms with Crippen molar-refractivity contribution in [1.82, 2.24) is 0 Å². The Hall–Kier alpha value is -0.390. The van der Waals surface area contributed by atoms with E-state index in [9.17, 15) is 0 Å². The van der Waals surface area contributed by atoms with Gasteiger partial charge in [-0.25, -0.2) is 0 Å². The van der Waals surface area contributed by atoms with Crippen molar-refractivity contribution in [3.8, 4) is 0 Å². The third-order valence-corrected chi connectivity index (χ3v) is 0.823. The van der Waals surface area contributed by atoms with Gasteiger partial charge in [-0.15, -0.1) is 24.6 Å². The van der Waals surface area contributed by atoms with Crippen LogP contribution in [0.4, 0.5) is 0 Å². The zero-order valence-electron chi connectivity index (χ0n) is 4.65. The van der Waals surface area contributed by atoms with Crippen LogP contribution in [0.3, 0.4) is 0 Å². The van der Waals surface area contributed by atoms with Crippen LogP contribution in [0.15, 0.2) is 24.6 Å². The number of hydrogen-bond acceptors (Lipinski definition) is 0. The molecular weight excluding hydrogens is 93.7 g/mol. The van der Waals surface area contributed by atoms with Gasteiger partial charge >= 0.3 is 0 Å². The molecule has 0 aromatic heterocycles. The van der Waals surface area contributed by atoms with Crippen LogP contribution in [-0.4, -0.2) is 14.3 Å². The van der Waals surface area contributed by atoms with Crippen LogP contribution in [0.2, 0.25) is 0 Å². The van der Waals surface area contributed by atoms with Crippen LogP contribution in [0.25, 0.3) is 0 Å². The molecule has 0 aromatic rings. The Morgan fingerprint density at radius 2 is 2.12 bits per heavy atom. The van der Waals surface area contributed by atoms with Gasteiger partial charge in [0.2, 0.25) is 0 Å². The van der Waals surface area contributed by atoms with Gasteiger partial charge in [0.05, 0.1) is 0 Å². The van der Waals surface area contributed by atoms with Crippen molar-refractivity contribution in [2.24, 2.45) is 0 Å². The van der Waals surface area contributed by atoms with E-state index < -0.39 is 0 Å². The fourth-order valence-corrected chi connectivity index (χ4v) is 0.201. The summed E-state index contributed by atoms with van der Waals surface area (Å²) in [6.07, 6.45) is 0. The molecule has 0 aliphatic heterocycles. The molecule has 0 atom stereocenters. The van der Waals surface area contributed by atoms with Gasteiger partial charge in [0.1, 0.15) is 6.60 Å². The summed E-state index contributed by atoms with van der Waals surface area (Å²) in [4.78, 5) is 0. The Labute approximate surface area is 54.1 Å². The summed E-state index contributed by atoms with van der Waals surface area (Å²) < 4.78 is 0. The predicted octanol–water partition coefficient (Wildman–Crippen LogP) is 1.62. The largest absolute Gasteiger partial charge is 0.144 e. The van der Waals surface area contributed by atoms with Crippen LogP contribution in [0.5, 0.6) is 0 Å². The lowest BCUT2D eigenvalue weighted by atomic mass is 9.30. The number of hydrogen-bond donors (Lipinski definition) is 0. The second kappa shape index (κ2) is 4.76. The Balaban J connectivity index is 0. The van der Waals surface area contributed by atoms with Crippen molar-refractivity contribution < 1.29 is 0 Å². The maximum atomic E-state index is 5.40. The number of allylic oxidation sites excluding steroid dienone is 1. The molecule has 0 aliphatic carbocycles. The topological polar surface area (TPSA) is 0 Å². The fraction of sp³-hybridized carbons (Fsp3) is 0.333. The highest BCUT2D eigenvalue weighted by atomic mass is 13.6. The van der Waals surface area contributed by atoms with Gasteiger partial charge in [-0.2, -0.15) is 0 Å². The Bertz CT molecular complexity index is 86.5. The molecule has 0 saturated carbocycles. The SMILES string of the molecule is C.[B]B(C=C)C(=C)C. The molecule has 0 saturated heterocycles. The Morgan fingerprint density at radius 1 is 1.75 bits per heavy atom. The molecule has 0 spiro atoms. The van der Waals surface area contributed by atoms with Crippen LogP contribution < -0.4 is 0 Å². The van der Waals surface area contributed by atoms with E-state index in [2.05, 4.69) is 13.2 Å². The van der Waals surface area contributed by atoms with Crippen molar-refractivity contribution >= 4 is 14.3 Å². The van der Waals surface area contributed by atoms with Crippen LogP contribution >= 0.6 is 0 Å². The smallest absolute Gasteiger partial charge is 0.126 e. The Morgan fingerprint density at radius 3 is 2.12 bits per heavy atom. The zero-order chi connectivity index (χ0) is 5.86. The summed E-state index contributed by atoms with van der Waals surface area (Å²) in [5.74, 6) is 1.67. The van der Waals surface area contributed by atoms with E-state index in [0.29, 0.717) is 0 Å². The fourth-order valence-electron chi connectivity index (χ4n) is 0.201. The average molecular weight is 106 g/mol. The van der Waals surface area contributed by atoms with Gasteiger partial charge in [0, 0.05) is 7.74 Å². The summed E-state index contributed by atoms with van der Waals surface area (Å²) in [7, 11) is 5.40. The summed E-state index contributed by atoms with van der Waals surface area (Å²) in [6, 6.07) is 0. The lowest BCUT2D eigenvalue weighted by Gasteiger charge is -1.96. The first-order valence-electron chi connectivity index (χ1n) is 2.22. The summed E-state index contributed by atoms with van der Waals surface area (Å²) in [5.41, 5.74) is 0.954. The molecule has 0 heterocycles. The summed E-state index contributed by atoms with van der Waals surface area (Å²) >= 11 is 0. The average Bonchev–Trinajstić information content (AvgIpc) is 1.65. The highest BCUT2D eigenvalue weighted by Gasteiger charge is 1.96. The van der Waals surface area contributed by atoms with Crippen LogP contribution in [-0.2, 0) is 0 Å². The first kappa shape index (κ1) is 10.6. The summed E-state index contributed by atoms with van der Waals surface area (Å²) in [6.45, 7) is 8.98. The number of rotatable bonds is 2. The molecule has 42 valence electrons. The molecule has 0 amide bonds. The molecule has 2 radical (unpaired) electrons. The minimum atomic E-state index is -0.0278. The predicted molar refractivity (Wildman–Crippen MR) is 43.3 cm³/mol. The maximum absolute atomic E-state index is 5.40. The van der Waals surface area contributed by atoms with Crippen LogP contribution in [0.1, 0.15) is 14.4 Å². The van der Waals surface area contributed by atoms with E-state index in [4.69, 9.17) is 7.74 Å². The molecule has 0 unspecified atom stereocenters. The van der Waals surface area contributed by atoms with Crippen LogP contribution in [0, 0.1) is 0 Å². The minimum Gasteiger partial charge on any atom is -0.126 e. The van der Waals surface area contributed by atoms with Gasteiger partial charge in [-0.3, -0.25) is 0 Å². The van der Waals surface area contributed by atoms with E-state index in [0.717, 1.165) is 5.47 Å². The van der Waals surface area contributed by atoms with E-state index in [1.54, 1.807) is 5.98 Å². The quantitative estimate of drug-likeness (QED) is 0.469. The second-order valence-corrected chi connectivity index (χ2v) is 1.61. The van der Waals surface area contributed by atoms with Gasteiger partial charge < -0.3 is 0 Å². The summed E-state index contributed by atoms with van der Waals surface area (Å²) in [5, 5.41) is 0. The van der Waals surface area contributed by atoms with Gasteiger partial charge in [-0.05, 0) is 0 Å². The third-order valence-electron chi connectivity index (χ3n) is 0.823. The molecule has 0 fully saturated rings. The van der Waals surface area contributed by atoms with Gasteiger partial charge in [-0.1, -0.05) is 14.4 Å². The molecule has 0 bridgehead atoms. The minimum absolute atomic E-state index is 0. The van der Waals surface area contributed by atoms with Crippen molar-refractivity contribution in [3.63, 3.8) is 0 Å². The van der Waals surface area contributed by atoms with E-state index >= 15 is 0 Å². The zero-order valence-corrected chi connectivity index (χ0v) is 4.65. The normalized spacial score (nSPS) is 6.62. The maximum Gasteiger partial charge on any atom is 0.144 e. The first-order valence-corrected chi connectivity index (χ1v) is 2.22. The second-order valence-electron chi connectivity index (χ2n) is 1.61. The standard InChI is InChI=1S/C5H8B2.CH4/c1-4-7(6)5(2)3;/h4H,1-2H2,3H3;1H4. The third kappa shape index (κ3) is 3.79. The molecule has 0 aromatic carbocycles. The highest BCUT2D eigenvalue weighted by Crippen LogP contribution is 1.89. The molecule has 0 aliphatic rings. The lowest BCUT2D eigenvalue weighted by Crippen LogP contribution is -2.09. The van der Waals surface area contributed by atoms with Crippen molar-refractivity contribution in [2.75, 3.05) is 0 Å². The molecule has 2 heteroatoms. The van der Waals surface area contributed by atoms with Crippen molar-refractivity contribution in [1.29, 1.82) is 0 Å². The Kier molecular flexibility index (Phi) is 6.29. The van der Waals surface area contributed by atoms with E-state index in [-0.39, 0.29) is 14.0 Å². The highest BCUT2D eigenvalue weighted by molar-refractivity contribution is 7.10. The van der Waals surface area contributed by atoms with Gasteiger partial charge in [0.25, 0.3) is 0 Å². The van der Waals surface area contributed by atoms with E-state index in [1.165, 1.54) is 0 Å². The van der Waals surface area contributed by atoms with Crippen molar-refractivity contribution in [2.45, 2.75) is 14.4 Å². The lowest BCUT2D eigenvalue weighted by molar-refractivity contribution is 1.69. The first-order chi connectivity index (χ1) is 3.18. The molecule has 0 rings (SSSR count). The molecule has 8 heavy (non-hydrogen) atoms. The molecule has 0 nitrogen and oxygen atoms in total. The molecule has 0 N–H and O–H groups in total. The monoisotopic (exact) mass is 106 g/mol.